The minimum atomic E-state index is -3.21. The van der Waals surface area contributed by atoms with Gasteiger partial charge in [-0.1, -0.05) is 25.5 Å². The molecule has 1 heterocycles. The van der Waals surface area contributed by atoms with Crippen molar-refractivity contribution in [3.63, 3.8) is 0 Å². The molecule has 1 aromatic carbocycles. The maximum Gasteiger partial charge on any atom is 0.179 e. The molecule has 0 bridgehead atoms. The van der Waals surface area contributed by atoms with Crippen molar-refractivity contribution >= 4 is 9.84 Å². The third-order valence-electron chi connectivity index (χ3n) is 4.35. The second-order valence-corrected chi connectivity index (χ2v) is 8.00. The molecule has 1 fully saturated rings. The normalized spacial score (nSPS) is 20.6. The molecule has 0 saturated carbocycles. The molecule has 1 aliphatic rings. The third kappa shape index (κ3) is 4.53. The molecular formula is C16H26N2O2S. The van der Waals surface area contributed by atoms with Crippen LogP contribution in [-0.2, 0) is 16.4 Å². The lowest BCUT2D eigenvalue weighted by atomic mass is 9.96. The molecule has 5 heteroatoms. The predicted octanol–water partition coefficient (Wildman–Crippen LogP) is 2.04. The Labute approximate surface area is 128 Å². The van der Waals surface area contributed by atoms with Gasteiger partial charge in [-0.25, -0.2) is 8.42 Å². The van der Waals surface area contributed by atoms with Crippen molar-refractivity contribution in [1.82, 2.24) is 4.90 Å². The minimum absolute atomic E-state index is 0.192. The number of hydrogen-bond acceptors (Lipinski definition) is 4. The Morgan fingerprint density at radius 2 is 2.19 bits per heavy atom. The zero-order chi connectivity index (χ0) is 15.3. The van der Waals surface area contributed by atoms with Crippen LogP contribution in [0.4, 0.5) is 0 Å². The van der Waals surface area contributed by atoms with Gasteiger partial charge in [0.15, 0.2) is 9.84 Å². The first kappa shape index (κ1) is 16.5. The molecule has 0 spiro atoms. The summed E-state index contributed by atoms with van der Waals surface area (Å²) in [7, 11) is -3.21. The molecule has 1 aromatic rings. The second-order valence-electron chi connectivity index (χ2n) is 5.89. The van der Waals surface area contributed by atoms with Crippen LogP contribution in [0, 0.1) is 5.92 Å². The SMILES string of the molecule is CCC1CCCN(CCS(=O)(=O)c2cccc(CN)c2)C1. The van der Waals surface area contributed by atoms with E-state index in [4.69, 9.17) is 5.73 Å². The second kappa shape index (κ2) is 7.38. The molecule has 0 aliphatic carbocycles. The predicted molar refractivity (Wildman–Crippen MR) is 85.8 cm³/mol. The Morgan fingerprint density at radius 1 is 1.38 bits per heavy atom. The van der Waals surface area contributed by atoms with E-state index in [0.29, 0.717) is 18.0 Å². The topological polar surface area (TPSA) is 63.4 Å². The van der Waals surface area contributed by atoms with Gasteiger partial charge in [0.1, 0.15) is 0 Å². The lowest BCUT2D eigenvalue weighted by Gasteiger charge is -2.32. The van der Waals surface area contributed by atoms with E-state index in [1.807, 2.05) is 6.07 Å². The highest BCUT2D eigenvalue weighted by molar-refractivity contribution is 7.91. The van der Waals surface area contributed by atoms with Crippen LogP contribution < -0.4 is 5.73 Å². The quantitative estimate of drug-likeness (QED) is 0.873. The van der Waals surface area contributed by atoms with Crippen LogP contribution in [0.25, 0.3) is 0 Å². The van der Waals surface area contributed by atoms with Gasteiger partial charge in [0.25, 0.3) is 0 Å². The number of benzene rings is 1. The molecule has 2 rings (SSSR count). The fraction of sp³-hybridized carbons (Fsp3) is 0.625. The van der Waals surface area contributed by atoms with E-state index in [9.17, 15) is 8.42 Å². The van der Waals surface area contributed by atoms with Crippen molar-refractivity contribution in [2.24, 2.45) is 11.7 Å². The summed E-state index contributed by atoms with van der Waals surface area (Å²) in [6.07, 6.45) is 3.64. The molecule has 4 nitrogen and oxygen atoms in total. The average Bonchev–Trinajstić information content (AvgIpc) is 2.53. The first-order valence-corrected chi connectivity index (χ1v) is 9.44. The van der Waals surface area contributed by atoms with Gasteiger partial charge in [-0.2, -0.15) is 0 Å². The van der Waals surface area contributed by atoms with Crippen molar-refractivity contribution in [3.05, 3.63) is 29.8 Å². The van der Waals surface area contributed by atoms with Gasteiger partial charge in [0.05, 0.1) is 10.6 Å². The zero-order valence-corrected chi connectivity index (χ0v) is 13.6. The van der Waals surface area contributed by atoms with Crippen LogP contribution in [0.5, 0.6) is 0 Å². The number of rotatable bonds is 6. The van der Waals surface area contributed by atoms with Crippen LogP contribution in [0.2, 0.25) is 0 Å². The average molecular weight is 310 g/mol. The maximum atomic E-state index is 12.4. The van der Waals surface area contributed by atoms with E-state index in [0.717, 1.165) is 24.6 Å². The lowest BCUT2D eigenvalue weighted by molar-refractivity contribution is 0.180. The van der Waals surface area contributed by atoms with Crippen LogP contribution in [0.15, 0.2) is 29.2 Å². The summed E-state index contributed by atoms with van der Waals surface area (Å²) in [5.41, 5.74) is 6.44. The largest absolute Gasteiger partial charge is 0.326 e. The summed E-state index contributed by atoms with van der Waals surface area (Å²) in [5, 5.41) is 0. The summed E-state index contributed by atoms with van der Waals surface area (Å²) >= 11 is 0. The van der Waals surface area contributed by atoms with Gasteiger partial charge in [-0.3, -0.25) is 0 Å². The summed E-state index contributed by atoms with van der Waals surface area (Å²) < 4.78 is 24.9. The van der Waals surface area contributed by atoms with E-state index >= 15 is 0 Å². The summed E-state index contributed by atoms with van der Waals surface area (Å²) in [5.74, 6) is 0.916. The Morgan fingerprint density at radius 3 is 2.90 bits per heavy atom. The molecule has 1 aliphatic heterocycles. The zero-order valence-electron chi connectivity index (χ0n) is 12.8. The van der Waals surface area contributed by atoms with Crippen molar-refractivity contribution in [1.29, 1.82) is 0 Å². The number of hydrogen-bond donors (Lipinski definition) is 1. The van der Waals surface area contributed by atoms with Crippen molar-refractivity contribution < 1.29 is 8.42 Å². The third-order valence-corrected chi connectivity index (χ3v) is 6.04. The van der Waals surface area contributed by atoms with E-state index in [2.05, 4.69) is 11.8 Å². The fourth-order valence-electron chi connectivity index (χ4n) is 2.92. The van der Waals surface area contributed by atoms with Gasteiger partial charge in [0.2, 0.25) is 0 Å². The highest BCUT2D eigenvalue weighted by Crippen LogP contribution is 2.20. The number of nitrogens with two attached hydrogens (primary N) is 1. The Kier molecular flexibility index (Phi) is 5.79. The maximum absolute atomic E-state index is 12.4. The molecule has 0 amide bonds. The van der Waals surface area contributed by atoms with Gasteiger partial charge < -0.3 is 10.6 Å². The van der Waals surface area contributed by atoms with Crippen molar-refractivity contribution in [3.8, 4) is 0 Å². The van der Waals surface area contributed by atoms with E-state index < -0.39 is 9.84 Å². The number of piperidine rings is 1. The molecular weight excluding hydrogens is 284 g/mol. The molecule has 0 radical (unpaired) electrons. The highest BCUT2D eigenvalue weighted by atomic mass is 32.2. The number of likely N-dealkylation sites (tertiary alicyclic amines) is 1. The van der Waals surface area contributed by atoms with E-state index in [1.165, 1.54) is 19.3 Å². The van der Waals surface area contributed by atoms with Gasteiger partial charge >= 0.3 is 0 Å². The Balaban J connectivity index is 1.97. The molecule has 1 unspecified atom stereocenters. The van der Waals surface area contributed by atoms with E-state index in [-0.39, 0.29) is 5.75 Å². The molecule has 1 atom stereocenters. The summed E-state index contributed by atoms with van der Waals surface area (Å²) in [6.45, 7) is 5.27. The van der Waals surface area contributed by atoms with Crippen molar-refractivity contribution in [2.75, 3.05) is 25.4 Å². The van der Waals surface area contributed by atoms with Crippen LogP contribution in [0.3, 0.4) is 0 Å². The Bertz CT molecular complexity index is 557. The van der Waals surface area contributed by atoms with Crippen LogP contribution in [0.1, 0.15) is 31.7 Å². The molecule has 1 saturated heterocycles. The molecule has 2 N–H and O–H groups in total. The summed E-state index contributed by atoms with van der Waals surface area (Å²) in [4.78, 5) is 2.69. The number of nitrogens with zero attached hydrogens (tertiary/aromatic N) is 1. The van der Waals surface area contributed by atoms with Gasteiger partial charge in [-0.15, -0.1) is 0 Å². The van der Waals surface area contributed by atoms with Crippen LogP contribution >= 0.6 is 0 Å². The number of sulfone groups is 1. The van der Waals surface area contributed by atoms with Crippen LogP contribution in [-0.4, -0.2) is 38.7 Å². The smallest absolute Gasteiger partial charge is 0.179 e. The van der Waals surface area contributed by atoms with E-state index in [1.54, 1.807) is 18.2 Å². The molecule has 21 heavy (non-hydrogen) atoms. The van der Waals surface area contributed by atoms with Gasteiger partial charge in [0, 0.05) is 19.6 Å². The summed E-state index contributed by atoms with van der Waals surface area (Å²) in [6, 6.07) is 6.98. The highest BCUT2D eigenvalue weighted by Gasteiger charge is 2.21. The fourth-order valence-corrected chi connectivity index (χ4v) is 4.27. The standard InChI is InChI=1S/C16H26N2O2S/c1-2-14-6-4-8-18(13-14)9-10-21(19,20)16-7-3-5-15(11-16)12-17/h3,5,7,11,14H,2,4,6,8-10,12-13,17H2,1H3. The molecule has 0 aromatic heterocycles. The van der Waals surface area contributed by atoms with Gasteiger partial charge in [-0.05, 0) is 43.0 Å². The molecule has 118 valence electrons. The first-order chi connectivity index (χ1) is 10.0. The van der Waals surface area contributed by atoms with Crippen molar-refractivity contribution in [2.45, 2.75) is 37.6 Å². The first-order valence-electron chi connectivity index (χ1n) is 7.79. The Hall–Kier alpha value is -0.910. The monoisotopic (exact) mass is 310 g/mol. The minimum Gasteiger partial charge on any atom is -0.326 e. The lowest BCUT2D eigenvalue weighted by Crippen LogP contribution is -2.38.